The molecule has 2 aromatic carbocycles. The summed E-state index contributed by atoms with van der Waals surface area (Å²) in [6.07, 6.45) is 1.64. The Morgan fingerprint density at radius 3 is 2.32 bits per heavy atom. The molecule has 0 saturated carbocycles. The van der Waals surface area contributed by atoms with Crippen LogP contribution in [0.15, 0.2) is 60.8 Å². The Morgan fingerprint density at radius 2 is 1.64 bits per heavy atom. The molecule has 0 aliphatic heterocycles. The Bertz CT molecular complexity index is 973. The van der Waals surface area contributed by atoms with Gasteiger partial charge in [0.15, 0.2) is 11.4 Å². The van der Waals surface area contributed by atoms with Gasteiger partial charge in [-0.3, -0.25) is 9.59 Å². The standard InChI is InChI=1S/C20H19ClN4O3/c1-28-17-13-25(14-7-3-2-4-8-14)24-18(17)20(27)23-12-11-22-19(26)15-9-5-6-10-16(15)21/h2-10,13H,11-12H2,1H3,(H,22,26)(H,23,27). The first-order valence-electron chi connectivity index (χ1n) is 8.60. The maximum absolute atomic E-state index is 12.4. The topological polar surface area (TPSA) is 85.2 Å². The van der Waals surface area contributed by atoms with E-state index in [0.29, 0.717) is 16.3 Å². The van der Waals surface area contributed by atoms with Crippen molar-refractivity contribution in [3.05, 3.63) is 77.1 Å². The molecule has 3 aromatic rings. The molecule has 7 nitrogen and oxygen atoms in total. The molecule has 0 unspecified atom stereocenters. The Balaban J connectivity index is 1.57. The minimum atomic E-state index is -0.390. The number of aromatic nitrogens is 2. The SMILES string of the molecule is COc1cn(-c2ccccc2)nc1C(=O)NCCNC(=O)c1ccccc1Cl. The summed E-state index contributed by atoms with van der Waals surface area (Å²) in [7, 11) is 1.48. The number of nitrogens with zero attached hydrogens (tertiary/aromatic N) is 2. The van der Waals surface area contributed by atoms with Gasteiger partial charge in [-0.1, -0.05) is 41.9 Å². The molecule has 28 heavy (non-hydrogen) atoms. The highest BCUT2D eigenvalue weighted by atomic mass is 35.5. The summed E-state index contributed by atoms with van der Waals surface area (Å²) < 4.78 is 6.83. The van der Waals surface area contributed by atoms with Crippen LogP contribution in [-0.2, 0) is 0 Å². The average molecular weight is 399 g/mol. The lowest BCUT2D eigenvalue weighted by molar-refractivity contribution is 0.0923. The highest BCUT2D eigenvalue weighted by Gasteiger charge is 2.18. The third-order valence-corrected chi connectivity index (χ3v) is 4.28. The Hall–Kier alpha value is -3.32. The summed E-state index contributed by atoms with van der Waals surface area (Å²) in [5.74, 6) is -0.328. The van der Waals surface area contributed by atoms with Crippen molar-refractivity contribution in [2.24, 2.45) is 0 Å². The fourth-order valence-corrected chi connectivity index (χ4v) is 2.78. The molecule has 0 atom stereocenters. The second kappa shape index (κ2) is 9.05. The van der Waals surface area contributed by atoms with Gasteiger partial charge in [0, 0.05) is 13.1 Å². The minimum absolute atomic E-state index is 0.170. The normalized spacial score (nSPS) is 10.4. The van der Waals surface area contributed by atoms with Crippen LogP contribution >= 0.6 is 11.6 Å². The van der Waals surface area contributed by atoms with Gasteiger partial charge >= 0.3 is 0 Å². The summed E-state index contributed by atoms with van der Waals surface area (Å²) in [5.41, 5.74) is 1.37. The van der Waals surface area contributed by atoms with E-state index in [-0.39, 0.29) is 24.7 Å². The Labute approximate surface area is 167 Å². The molecule has 1 heterocycles. The monoisotopic (exact) mass is 398 g/mol. The van der Waals surface area contributed by atoms with E-state index in [1.807, 2.05) is 30.3 Å². The lowest BCUT2D eigenvalue weighted by Gasteiger charge is -2.08. The maximum atomic E-state index is 12.4. The molecular weight excluding hydrogens is 380 g/mol. The number of carbonyl (C=O) groups is 2. The second-order valence-electron chi connectivity index (χ2n) is 5.82. The number of nitrogens with one attached hydrogen (secondary N) is 2. The molecule has 8 heteroatoms. The second-order valence-corrected chi connectivity index (χ2v) is 6.23. The number of rotatable bonds is 7. The van der Waals surface area contributed by atoms with Gasteiger partial charge in [-0.15, -0.1) is 0 Å². The molecule has 0 aliphatic carbocycles. The molecular formula is C20H19ClN4O3. The molecule has 1 aromatic heterocycles. The van der Waals surface area contributed by atoms with Crippen LogP contribution in [0.5, 0.6) is 5.75 Å². The van der Waals surface area contributed by atoms with Crippen LogP contribution in [0.4, 0.5) is 0 Å². The van der Waals surface area contributed by atoms with E-state index in [9.17, 15) is 9.59 Å². The number of para-hydroxylation sites is 1. The molecule has 0 aliphatic rings. The maximum Gasteiger partial charge on any atom is 0.275 e. The van der Waals surface area contributed by atoms with Gasteiger partial charge in [0.2, 0.25) is 0 Å². The molecule has 2 amide bonds. The number of hydrogen-bond acceptors (Lipinski definition) is 4. The van der Waals surface area contributed by atoms with Crippen molar-refractivity contribution in [3.63, 3.8) is 0 Å². The number of ether oxygens (including phenoxy) is 1. The van der Waals surface area contributed by atoms with Crippen molar-refractivity contribution in [2.75, 3.05) is 20.2 Å². The Kier molecular flexibility index (Phi) is 6.29. The van der Waals surface area contributed by atoms with Crippen LogP contribution in [0, 0.1) is 0 Å². The number of halogens is 1. The van der Waals surface area contributed by atoms with Gasteiger partial charge < -0.3 is 15.4 Å². The fourth-order valence-electron chi connectivity index (χ4n) is 2.55. The third kappa shape index (κ3) is 4.50. The first kappa shape index (κ1) is 19.4. The molecule has 3 rings (SSSR count). The van der Waals surface area contributed by atoms with Crippen LogP contribution in [0.2, 0.25) is 5.02 Å². The van der Waals surface area contributed by atoms with E-state index in [4.69, 9.17) is 16.3 Å². The van der Waals surface area contributed by atoms with Gasteiger partial charge in [-0.25, -0.2) is 4.68 Å². The third-order valence-electron chi connectivity index (χ3n) is 3.95. The zero-order valence-corrected chi connectivity index (χ0v) is 15.9. The highest BCUT2D eigenvalue weighted by Crippen LogP contribution is 2.19. The van der Waals surface area contributed by atoms with E-state index in [1.54, 1.807) is 35.1 Å². The van der Waals surface area contributed by atoms with Crippen molar-refractivity contribution >= 4 is 23.4 Å². The van der Waals surface area contributed by atoms with Crippen LogP contribution in [0.1, 0.15) is 20.8 Å². The number of amides is 2. The number of hydrogen-bond donors (Lipinski definition) is 2. The van der Waals surface area contributed by atoms with Crippen molar-refractivity contribution < 1.29 is 14.3 Å². The molecule has 0 fully saturated rings. The van der Waals surface area contributed by atoms with Crippen LogP contribution in [0.25, 0.3) is 5.69 Å². The smallest absolute Gasteiger partial charge is 0.275 e. The van der Waals surface area contributed by atoms with E-state index in [0.717, 1.165) is 5.69 Å². The first-order valence-corrected chi connectivity index (χ1v) is 8.98. The predicted molar refractivity (Wildman–Crippen MR) is 106 cm³/mol. The van der Waals surface area contributed by atoms with Crippen molar-refractivity contribution in [1.29, 1.82) is 0 Å². The van der Waals surface area contributed by atoms with Gasteiger partial charge in [-0.05, 0) is 24.3 Å². The van der Waals surface area contributed by atoms with E-state index in [2.05, 4.69) is 15.7 Å². The lowest BCUT2D eigenvalue weighted by Crippen LogP contribution is -2.35. The van der Waals surface area contributed by atoms with Crippen molar-refractivity contribution in [1.82, 2.24) is 20.4 Å². The van der Waals surface area contributed by atoms with E-state index < -0.39 is 5.91 Å². The van der Waals surface area contributed by atoms with Crippen LogP contribution in [-0.4, -0.2) is 41.8 Å². The quantitative estimate of drug-likeness (QED) is 0.599. The summed E-state index contributed by atoms with van der Waals surface area (Å²) >= 11 is 5.99. The summed E-state index contributed by atoms with van der Waals surface area (Å²) in [4.78, 5) is 24.5. The number of benzene rings is 2. The van der Waals surface area contributed by atoms with Crippen molar-refractivity contribution in [2.45, 2.75) is 0 Å². The average Bonchev–Trinajstić information content (AvgIpc) is 3.16. The predicted octanol–water partition coefficient (Wildman–Crippen LogP) is 2.69. The minimum Gasteiger partial charge on any atom is -0.493 e. The van der Waals surface area contributed by atoms with Gasteiger partial charge in [0.25, 0.3) is 11.8 Å². The summed E-state index contributed by atoms with van der Waals surface area (Å²) in [5, 5.41) is 10.1. The molecule has 0 spiro atoms. The van der Waals surface area contributed by atoms with Crippen LogP contribution in [0.3, 0.4) is 0 Å². The summed E-state index contributed by atoms with van der Waals surface area (Å²) in [6.45, 7) is 0.480. The van der Waals surface area contributed by atoms with Crippen LogP contribution < -0.4 is 15.4 Å². The first-order chi connectivity index (χ1) is 13.6. The molecule has 144 valence electrons. The molecule has 2 N–H and O–H groups in total. The van der Waals surface area contributed by atoms with E-state index >= 15 is 0 Å². The van der Waals surface area contributed by atoms with Crippen molar-refractivity contribution in [3.8, 4) is 11.4 Å². The zero-order valence-electron chi connectivity index (χ0n) is 15.2. The number of carbonyl (C=O) groups excluding carboxylic acids is 2. The fraction of sp³-hybridized carbons (Fsp3) is 0.150. The van der Waals surface area contributed by atoms with E-state index in [1.165, 1.54) is 7.11 Å². The molecule has 0 bridgehead atoms. The molecule has 0 saturated heterocycles. The number of methoxy groups -OCH3 is 1. The Morgan fingerprint density at radius 1 is 1.00 bits per heavy atom. The summed E-state index contributed by atoms with van der Waals surface area (Å²) in [6, 6.07) is 16.2. The molecule has 0 radical (unpaired) electrons. The zero-order chi connectivity index (χ0) is 19.9. The largest absolute Gasteiger partial charge is 0.493 e. The lowest BCUT2D eigenvalue weighted by atomic mass is 10.2. The highest BCUT2D eigenvalue weighted by molar-refractivity contribution is 6.33. The van der Waals surface area contributed by atoms with Gasteiger partial charge in [0.05, 0.1) is 29.6 Å². The van der Waals surface area contributed by atoms with Gasteiger partial charge in [-0.2, -0.15) is 5.10 Å². The van der Waals surface area contributed by atoms with Gasteiger partial charge in [0.1, 0.15) is 0 Å².